The minimum Gasteiger partial charge on any atom is -0.491 e. The van der Waals surface area contributed by atoms with Crippen molar-refractivity contribution in [2.75, 3.05) is 20.7 Å². The fourth-order valence-corrected chi connectivity index (χ4v) is 3.73. The number of aliphatic hydroxyl groups is 1. The number of carbonyl (C=O) groups is 1. The Kier molecular flexibility index (Phi) is 4.96. The number of hydrogen-bond acceptors (Lipinski definition) is 6. The van der Waals surface area contributed by atoms with Crippen molar-refractivity contribution < 1.29 is 19.0 Å². The minimum absolute atomic E-state index is 0.121. The summed E-state index contributed by atoms with van der Waals surface area (Å²) in [6, 6.07) is 2.63. The van der Waals surface area contributed by atoms with Gasteiger partial charge in [0.1, 0.15) is 24.3 Å². The van der Waals surface area contributed by atoms with Gasteiger partial charge in [0.05, 0.1) is 22.2 Å². The van der Waals surface area contributed by atoms with Crippen LogP contribution in [-0.4, -0.2) is 47.7 Å². The monoisotopic (exact) mass is 375 g/mol. The maximum Gasteiger partial charge on any atom is 0.277 e. The summed E-state index contributed by atoms with van der Waals surface area (Å²) < 4.78 is 20.2. The minimum atomic E-state index is -0.876. The molecule has 2 unspecified atom stereocenters. The number of benzene rings is 1. The van der Waals surface area contributed by atoms with Gasteiger partial charge in [0.25, 0.3) is 5.91 Å². The molecule has 0 bridgehead atoms. The summed E-state index contributed by atoms with van der Waals surface area (Å²) in [4.78, 5) is 18.7. The number of carbonyl (C=O) groups excluding carboxylic acids is 1. The van der Waals surface area contributed by atoms with Crippen LogP contribution in [0.15, 0.2) is 12.1 Å². The fraction of sp³-hybridized carbons (Fsp3) is 0.333. The highest BCUT2D eigenvalue weighted by atomic mass is 32.1. The highest BCUT2D eigenvalue weighted by Crippen LogP contribution is 2.43. The molecule has 0 saturated heterocycles. The Labute approximate surface area is 154 Å². The molecule has 136 valence electrons. The van der Waals surface area contributed by atoms with Gasteiger partial charge in [-0.15, -0.1) is 11.3 Å². The third-order valence-corrected chi connectivity index (χ3v) is 5.10. The van der Waals surface area contributed by atoms with Crippen LogP contribution in [0.3, 0.4) is 0 Å². The Hall–Kier alpha value is -2.47. The number of primary amides is 1. The van der Waals surface area contributed by atoms with Crippen LogP contribution >= 0.6 is 11.3 Å². The molecule has 2 aromatic rings. The molecule has 26 heavy (non-hydrogen) atoms. The van der Waals surface area contributed by atoms with Gasteiger partial charge in [-0.2, -0.15) is 0 Å². The van der Waals surface area contributed by atoms with Crippen molar-refractivity contribution in [3.05, 3.63) is 33.4 Å². The quantitative estimate of drug-likeness (QED) is 0.781. The molecule has 1 amide bonds. The molecule has 0 radical (unpaired) electrons. The lowest BCUT2D eigenvalue weighted by atomic mass is 10.0. The summed E-state index contributed by atoms with van der Waals surface area (Å²) in [6.45, 7) is 1.78. The molecule has 1 aliphatic rings. The average Bonchev–Trinajstić information content (AvgIpc) is 2.93. The molecule has 3 N–H and O–H groups in total. The molecule has 1 aliphatic heterocycles. The zero-order chi connectivity index (χ0) is 19.0. The first-order valence-electron chi connectivity index (χ1n) is 7.91. The number of nitrogens with two attached hydrogens (primary N) is 1. The van der Waals surface area contributed by atoms with E-state index in [1.807, 2.05) is 19.0 Å². The maximum absolute atomic E-state index is 14.4. The van der Waals surface area contributed by atoms with E-state index in [4.69, 9.17) is 10.5 Å². The van der Waals surface area contributed by atoms with E-state index >= 15 is 0 Å². The molecule has 1 aromatic heterocycles. The summed E-state index contributed by atoms with van der Waals surface area (Å²) in [5.41, 5.74) is 6.60. The number of nitrogens with zero attached hydrogens (tertiary/aromatic N) is 2. The maximum atomic E-state index is 14.4. The SMILES string of the molecule is CC(O)C#Cc1cc2c(cc1F)OCC(N(C)C)c1sc(C(N)=O)nc1-2. The van der Waals surface area contributed by atoms with E-state index in [1.165, 1.54) is 30.4 Å². The van der Waals surface area contributed by atoms with Crippen LogP contribution in [0.25, 0.3) is 11.3 Å². The predicted octanol–water partition coefficient (Wildman–Crippen LogP) is 1.78. The van der Waals surface area contributed by atoms with Gasteiger partial charge in [-0.1, -0.05) is 11.8 Å². The second-order valence-electron chi connectivity index (χ2n) is 6.16. The Morgan fingerprint density at radius 1 is 1.54 bits per heavy atom. The molecule has 0 aliphatic carbocycles. The standard InChI is InChI=1S/C18H18FN3O3S/c1-9(23)4-5-10-6-11-14(7-12(10)19)25-8-13(22(2)3)16-15(11)21-18(26-16)17(20)24/h6-7,9,13,23H,8H2,1-3H3,(H2,20,24). The smallest absolute Gasteiger partial charge is 0.277 e. The van der Waals surface area contributed by atoms with Crippen molar-refractivity contribution in [1.82, 2.24) is 9.88 Å². The number of ether oxygens (including phenoxy) is 1. The molecule has 2 atom stereocenters. The molecule has 1 aromatic carbocycles. The Bertz CT molecular complexity index is 928. The molecular formula is C18H18FN3O3S. The third-order valence-electron chi connectivity index (χ3n) is 3.93. The average molecular weight is 375 g/mol. The van der Waals surface area contributed by atoms with E-state index in [-0.39, 0.29) is 23.2 Å². The van der Waals surface area contributed by atoms with Crippen molar-refractivity contribution in [1.29, 1.82) is 0 Å². The lowest BCUT2D eigenvalue weighted by Crippen LogP contribution is -2.24. The number of fused-ring (bicyclic) bond motifs is 3. The topological polar surface area (TPSA) is 88.7 Å². The van der Waals surface area contributed by atoms with Crippen LogP contribution in [0.4, 0.5) is 4.39 Å². The van der Waals surface area contributed by atoms with Crippen molar-refractivity contribution >= 4 is 17.2 Å². The number of aliphatic hydroxyl groups excluding tert-OH is 1. The molecule has 0 saturated carbocycles. The Morgan fingerprint density at radius 3 is 2.88 bits per heavy atom. The molecule has 0 fully saturated rings. The van der Waals surface area contributed by atoms with E-state index < -0.39 is 17.8 Å². The van der Waals surface area contributed by atoms with Crippen molar-refractivity contribution in [2.45, 2.75) is 19.1 Å². The molecule has 8 heteroatoms. The first-order valence-corrected chi connectivity index (χ1v) is 8.73. The summed E-state index contributed by atoms with van der Waals surface area (Å²) in [5.74, 6) is 4.31. The number of halogens is 1. The van der Waals surface area contributed by atoms with Gasteiger partial charge < -0.3 is 15.6 Å². The molecule has 6 nitrogen and oxygen atoms in total. The van der Waals surface area contributed by atoms with Gasteiger partial charge in [-0.25, -0.2) is 9.37 Å². The van der Waals surface area contributed by atoms with Crippen molar-refractivity contribution in [3.63, 3.8) is 0 Å². The van der Waals surface area contributed by atoms with Crippen LogP contribution in [0.5, 0.6) is 5.75 Å². The van der Waals surface area contributed by atoms with Crippen LogP contribution in [0.1, 0.15) is 33.2 Å². The number of aromatic nitrogens is 1. The van der Waals surface area contributed by atoms with Gasteiger partial charge in [-0.3, -0.25) is 9.69 Å². The van der Waals surface area contributed by atoms with Crippen LogP contribution in [0, 0.1) is 17.7 Å². The Balaban J connectivity index is 2.22. The summed E-state index contributed by atoms with van der Waals surface area (Å²) >= 11 is 1.21. The summed E-state index contributed by atoms with van der Waals surface area (Å²) in [7, 11) is 3.77. The third kappa shape index (κ3) is 3.42. The van der Waals surface area contributed by atoms with Gasteiger partial charge in [0.2, 0.25) is 0 Å². The fourth-order valence-electron chi connectivity index (χ4n) is 2.62. The largest absolute Gasteiger partial charge is 0.491 e. The number of rotatable bonds is 2. The van der Waals surface area contributed by atoms with Gasteiger partial charge in [-0.05, 0) is 27.1 Å². The zero-order valence-corrected chi connectivity index (χ0v) is 15.4. The number of hydrogen-bond donors (Lipinski definition) is 2. The normalized spacial score (nSPS) is 16.6. The van der Waals surface area contributed by atoms with Crippen LogP contribution in [-0.2, 0) is 0 Å². The molecule has 0 spiro atoms. The summed E-state index contributed by atoms with van der Waals surface area (Å²) in [5, 5.41) is 9.51. The first kappa shape index (κ1) is 18.3. The van der Waals surface area contributed by atoms with Gasteiger partial charge in [0, 0.05) is 11.6 Å². The molecule has 2 heterocycles. The van der Waals surface area contributed by atoms with E-state index in [1.54, 1.807) is 0 Å². The lowest BCUT2D eigenvalue weighted by molar-refractivity contribution is 0.1000. The zero-order valence-electron chi connectivity index (χ0n) is 14.5. The highest BCUT2D eigenvalue weighted by Gasteiger charge is 2.30. The Morgan fingerprint density at radius 2 is 2.27 bits per heavy atom. The van der Waals surface area contributed by atoms with Gasteiger partial charge >= 0.3 is 0 Å². The van der Waals surface area contributed by atoms with Crippen LogP contribution < -0.4 is 10.5 Å². The van der Waals surface area contributed by atoms with Crippen molar-refractivity contribution in [3.8, 4) is 28.8 Å². The van der Waals surface area contributed by atoms with E-state index in [9.17, 15) is 14.3 Å². The number of thiazole rings is 1. The lowest BCUT2D eigenvalue weighted by Gasteiger charge is -2.21. The predicted molar refractivity (Wildman–Crippen MR) is 96.5 cm³/mol. The van der Waals surface area contributed by atoms with Crippen LogP contribution in [0.2, 0.25) is 0 Å². The van der Waals surface area contributed by atoms with E-state index in [2.05, 4.69) is 16.8 Å². The second kappa shape index (κ2) is 7.03. The molecule has 3 rings (SSSR count). The molecular weight excluding hydrogens is 357 g/mol. The highest BCUT2D eigenvalue weighted by molar-refractivity contribution is 7.14. The summed E-state index contributed by atoms with van der Waals surface area (Å²) in [6.07, 6.45) is -0.876. The van der Waals surface area contributed by atoms with Crippen molar-refractivity contribution in [2.24, 2.45) is 5.73 Å². The number of amides is 1. The second-order valence-corrected chi connectivity index (χ2v) is 7.19. The van der Waals surface area contributed by atoms with Gasteiger partial charge in [0.15, 0.2) is 5.01 Å². The number of likely N-dealkylation sites (N-methyl/N-ethyl adjacent to an activating group) is 1. The van der Waals surface area contributed by atoms with E-state index in [0.717, 1.165) is 4.88 Å². The first-order chi connectivity index (χ1) is 12.3. The van der Waals surface area contributed by atoms with E-state index in [0.29, 0.717) is 17.0 Å².